The number of amides is 3. The minimum absolute atomic E-state index is 0.178. The Balaban J connectivity index is 1.50. The maximum absolute atomic E-state index is 12.2. The van der Waals surface area contributed by atoms with Gasteiger partial charge < -0.3 is 20.1 Å². The molecular formula is C27H28N4O5. The van der Waals surface area contributed by atoms with Crippen molar-refractivity contribution in [2.24, 2.45) is 5.10 Å². The van der Waals surface area contributed by atoms with Crippen LogP contribution in [0.5, 0.6) is 11.5 Å². The molecule has 36 heavy (non-hydrogen) atoms. The Labute approximate surface area is 209 Å². The number of ether oxygens (including phenoxy) is 2. The predicted octanol–water partition coefficient (Wildman–Crippen LogP) is 3.04. The van der Waals surface area contributed by atoms with Crippen molar-refractivity contribution in [3.63, 3.8) is 0 Å². The van der Waals surface area contributed by atoms with Crippen molar-refractivity contribution < 1.29 is 23.9 Å². The molecule has 0 aromatic heterocycles. The minimum Gasteiger partial charge on any atom is -0.493 e. The summed E-state index contributed by atoms with van der Waals surface area (Å²) in [6.45, 7) is 2.19. The summed E-state index contributed by atoms with van der Waals surface area (Å²) in [7, 11) is 1.47. The van der Waals surface area contributed by atoms with Gasteiger partial charge in [0, 0.05) is 12.2 Å². The number of hydrogen-bond donors (Lipinski definition) is 3. The summed E-state index contributed by atoms with van der Waals surface area (Å²) in [5.74, 6) is -1.22. The van der Waals surface area contributed by atoms with Gasteiger partial charge in [0.05, 0.1) is 13.3 Å². The van der Waals surface area contributed by atoms with Gasteiger partial charge in [-0.25, -0.2) is 5.43 Å². The van der Waals surface area contributed by atoms with Crippen LogP contribution in [0.1, 0.15) is 23.6 Å². The highest BCUT2D eigenvalue weighted by Crippen LogP contribution is 2.27. The van der Waals surface area contributed by atoms with E-state index in [9.17, 15) is 14.4 Å². The van der Waals surface area contributed by atoms with Crippen LogP contribution in [0.3, 0.4) is 0 Å². The summed E-state index contributed by atoms with van der Waals surface area (Å²) in [4.78, 5) is 36.3. The van der Waals surface area contributed by atoms with Gasteiger partial charge in [0.15, 0.2) is 18.1 Å². The zero-order valence-electron chi connectivity index (χ0n) is 20.1. The van der Waals surface area contributed by atoms with E-state index in [2.05, 4.69) is 21.2 Å². The summed E-state index contributed by atoms with van der Waals surface area (Å²) < 4.78 is 10.9. The topological polar surface area (TPSA) is 118 Å². The fourth-order valence-corrected chi connectivity index (χ4v) is 3.22. The van der Waals surface area contributed by atoms with E-state index in [0.717, 1.165) is 17.5 Å². The molecule has 9 nitrogen and oxygen atoms in total. The first kappa shape index (κ1) is 26.0. The zero-order valence-corrected chi connectivity index (χ0v) is 20.1. The Morgan fingerprint density at radius 3 is 2.42 bits per heavy atom. The Bertz CT molecular complexity index is 1230. The van der Waals surface area contributed by atoms with Gasteiger partial charge in [-0.3, -0.25) is 14.4 Å². The molecule has 0 spiro atoms. The molecule has 0 saturated carbocycles. The Morgan fingerprint density at radius 1 is 0.917 bits per heavy atom. The van der Waals surface area contributed by atoms with Crippen molar-refractivity contribution in [1.82, 2.24) is 10.7 Å². The number of nitrogens with zero attached hydrogens (tertiary/aromatic N) is 1. The SMILES string of the molecule is CCc1ccccc1NC(=O)C(=O)N/N=C\c1ccc(OCC(=O)NCc2ccccc2)c(OC)c1. The van der Waals surface area contributed by atoms with Crippen molar-refractivity contribution in [3.8, 4) is 11.5 Å². The van der Waals surface area contributed by atoms with E-state index in [-0.39, 0.29) is 12.5 Å². The zero-order chi connectivity index (χ0) is 25.8. The summed E-state index contributed by atoms with van der Waals surface area (Å²) in [6, 6.07) is 21.7. The van der Waals surface area contributed by atoms with Crippen molar-refractivity contribution in [3.05, 3.63) is 89.5 Å². The van der Waals surface area contributed by atoms with Crippen LogP contribution >= 0.6 is 0 Å². The van der Waals surface area contributed by atoms with Crippen LogP contribution in [0, 0.1) is 0 Å². The largest absolute Gasteiger partial charge is 0.493 e. The highest BCUT2D eigenvalue weighted by molar-refractivity contribution is 6.39. The number of carbonyl (C=O) groups is 3. The van der Waals surface area contributed by atoms with Gasteiger partial charge in [-0.2, -0.15) is 5.10 Å². The lowest BCUT2D eigenvalue weighted by atomic mass is 10.1. The van der Waals surface area contributed by atoms with Crippen LogP contribution in [0.15, 0.2) is 77.9 Å². The monoisotopic (exact) mass is 488 g/mol. The number of hydrogen-bond acceptors (Lipinski definition) is 6. The van der Waals surface area contributed by atoms with Crippen LogP contribution in [0.25, 0.3) is 0 Å². The minimum atomic E-state index is -0.898. The quantitative estimate of drug-likeness (QED) is 0.230. The van der Waals surface area contributed by atoms with E-state index in [1.54, 1.807) is 30.3 Å². The van der Waals surface area contributed by atoms with Gasteiger partial charge >= 0.3 is 11.8 Å². The number of rotatable bonds is 10. The van der Waals surface area contributed by atoms with Crippen LogP contribution in [-0.4, -0.2) is 37.7 Å². The first-order valence-electron chi connectivity index (χ1n) is 11.3. The molecule has 0 fully saturated rings. The number of benzene rings is 3. The second-order valence-corrected chi connectivity index (χ2v) is 7.63. The van der Waals surface area contributed by atoms with Gasteiger partial charge in [-0.15, -0.1) is 0 Å². The number of carbonyl (C=O) groups excluding carboxylic acids is 3. The van der Waals surface area contributed by atoms with Gasteiger partial charge in [-0.05, 0) is 47.4 Å². The third-order valence-corrected chi connectivity index (χ3v) is 5.11. The van der Waals surface area contributed by atoms with Crippen molar-refractivity contribution in [2.45, 2.75) is 19.9 Å². The average molecular weight is 489 g/mol. The Hall–Kier alpha value is -4.66. The molecule has 0 atom stereocenters. The molecule has 0 heterocycles. The summed E-state index contributed by atoms with van der Waals surface area (Å²) in [5.41, 5.74) is 5.28. The molecule has 0 saturated heterocycles. The third-order valence-electron chi connectivity index (χ3n) is 5.11. The first-order valence-corrected chi connectivity index (χ1v) is 11.3. The number of aryl methyl sites for hydroxylation is 1. The van der Waals surface area contributed by atoms with Crippen LogP contribution in [0.2, 0.25) is 0 Å². The summed E-state index contributed by atoms with van der Waals surface area (Å²) >= 11 is 0. The molecule has 0 aliphatic rings. The van der Waals surface area contributed by atoms with Gasteiger partial charge in [0.2, 0.25) is 0 Å². The molecule has 3 N–H and O–H groups in total. The molecule has 3 aromatic rings. The van der Waals surface area contributed by atoms with Gasteiger partial charge in [-0.1, -0.05) is 55.5 Å². The Kier molecular flexibility index (Phi) is 9.58. The summed E-state index contributed by atoms with van der Waals surface area (Å²) in [6.07, 6.45) is 2.08. The number of methoxy groups -OCH3 is 1. The number of hydrazone groups is 1. The van der Waals surface area contributed by atoms with E-state index in [4.69, 9.17) is 9.47 Å². The molecule has 186 valence electrons. The number of para-hydroxylation sites is 1. The molecule has 9 heteroatoms. The van der Waals surface area contributed by atoms with E-state index >= 15 is 0 Å². The maximum Gasteiger partial charge on any atom is 0.329 e. The highest BCUT2D eigenvalue weighted by atomic mass is 16.5. The molecular weight excluding hydrogens is 460 g/mol. The third kappa shape index (κ3) is 7.69. The number of anilines is 1. The van der Waals surface area contributed by atoms with Crippen LogP contribution in [-0.2, 0) is 27.3 Å². The molecule has 0 unspecified atom stereocenters. The lowest BCUT2D eigenvalue weighted by Gasteiger charge is -2.11. The molecule has 0 aliphatic carbocycles. The number of nitrogens with one attached hydrogen (secondary N) is 3. The fourth-order valence-electron chi connectivity index (χ4n) is 3.22. The molecule has 0 aliphatic heterocycles. The van der Waals surface area contributed by atoms with E-state index in [1.165, 1.54) is 13.3 Å². The molecule has 3 rings (SSSR count). The average Bonchev–Trinajstić information content (AvgIpc) is 2.91. The fraction of sp³-hybridized carbons (Fsp3) is 0.185. The van der Waals surface area contributed by atoms with Crippen LogP contribution in [0.4, 0.5) is 5.69 Å². The molecule has 3 amide bonds. The van der Waals surface area contributed by atoms with Crippen molar-refractivity contribution >= 4 is 29.6 Å². The Morgan fingerprint density at radius 2 is 1.67 bits per heavy atom. The van der Waals surface area contributed by atoms with E-state index in [1.807, 2.05) is 49.4 Å². The predicted molar refractivity (Wildman–Crippen MR) is 137 cm³/mol. The maximum atomic E-state index is 12.2. The lowest BCUT2D eigenvalue weighted by molar-refractivity contribution is -0.136. The van der Waals surface area contributed by atoms with Crippen molar-refractivity contribution in [2.75, 3.05) is 19.0 Å². The van der Waals surface area contributed by atoms with Gasteiger partial charge in [0.25, 0.3) is 5.91 Å². The van der Waals surface area contributed by atoms with Crippen LogP contribution < -0.4 is 25.5 Å². The summed E-state index contributed by atoms with van der Waals surface area (Å²) in [5, 5.41) is 9.20. The molecule has 0 bridgehead atoms. The smallest absolute Gasteiger partial charge is 0.329 e. The van der Waals surface area contributed by atoms with E-state index in [0.29, 0.717) is 29.3 Å². The van der Waals surface area contributed by atoms with Gasteiger partial charge in [0.1, 0.15) is 0 Å². The standard InChI is InChI=1S/C27H28N4O5/c1-3-21-11-7-8-12-22(21)30-26(33)27(34)31-29-17-20-13-14-23(24(15-20)35-2)36-18-25(32)28-16-19-9-5-4-6-10-19/h4-15,17H,3,16,18H2,1-2H3,(H,28,32)(H,30,33)(H,31,34)/b29-17-. The lowest BCUT2D eigenvalue weighted by Crippen LogP contribution is -2.32. The normalized spacial score (nSPS) is 10.5. The second kappa shape index (κ2) is 13.3. The van der Waals surface area contributed by atoms with E-state index < -0.39 is 11.8 Å². The second-order valence-electron chi connectivity index (χ2n) is 7.63. The molecule has 0 radical (unpaired) electrons. The molecule has 3 aromatic carbocycles. The van der Waals surface area contributed by atoms with Crippen molar-refractivity contribution in [1.29, 1.82) is 0 Å². The highest BCUT2D eigenvalue weighted by Gasteiger charge is 2.14. The first-order chi connectivity index (χ1) is 17.5.